The summed E-state index contributed by atoms with van der Waals surface area (Å²) < 4.78 is 18.3. The minimum atomic E-state index is -1.11. The molecule has 0 amide bonds. The first-order valence-corrected chi connectivity index (χ1v) is 5.18. The van der Waals surface area contributed by atoms with E-state index in [9.17, 15) is 9.50 Å². The van der Waals surface area contributed by atoms with Crippen molar-refractivity contribution in [3.05, 3.63) is 42.2 Å². The third-order valence-corrected chi connectivity index (χ3v) is 2.58. The summed E-state index contributed by atoms with van der Waals surface area (Å²) in [5.41, 5.74) is -0.640. The number of ether oxygens (including phenoxy) is 1. The predicted octanol–water partition coefficient (Wildman–Crippen LogP) is 3.01. The van der Waals surface area contributed by atoms with Gasteiger partial charge in [-0.2, -0.15) is 0 Å². The van der Waals surface area contributed by atoms with E-state index in [-0.39, 0.29) is 5.82 Å². The standard InChI is InChI=1S/C13H17FO2/c1-4-5-8-13(2,15)11-9-10(14)6-7-12(11)16-3/h4,6-7,9,15H,1,5,8H2,2-3H3. The van der Waals surface area contributed by atoms with Crippen LogP contribution in [0.1, 0.15) is 25.3 Å². The van der Waals surface area contributed by atoms with Gasteiger partial charge in [0, 0.05) is 5.56 Å². The Morgan fingerprint density at radius 2 is 2.25 bits per heavy atom. The minimum Gasteiger partial charge on any atom is -0.496 e. The maximum atomic E-state index is 13.1. The molecule has 0 bridgehead atoms. The molecule has 0 fully saturated rings. The summed E-state index contributed by atoms with van der Waals surface area (Å²) in [6.45, 7) is 5.25. The Hall–Kier alpha value is -1.35. The Morgan fingerprint density at radius 3 is 2.81 bits per heavy atom. The lowest BCUT2D eigenvalue weighted by atomic mass is 9.90. The highest BCUT2D eigenvalue weighted by atomic mass is 19.1. The first-order chi connectivity index (χ1) is 7.51. The van der Waals surface area contributed by atoms with Crippen molar-refractivity contribution in [1.82, 2.24) is 0 Å². The fourth-order valence-electron chi connectivity index (χ4n) is 1.62. The van der Waals surface area contributed by atoms with Crippen LogP contribution in [0.25, 0.3) is 0 Å². The van der Waals surface area contributed by atoms with Crippen molar-refractivity contribution >= 4 is 0 Å². The van der Waals surface area contributed by atoms with Gasteiger partial charge in [0.25, 0.3) is 0 Å². The summed E-state index contributed by atoms with van der Waals surface area (Å²) in [5, 5.41) is 10.3. The van der Waals surface area contributed by atoms with Gasteiger partial charge < -0.3 is 9.84 Å². The quantitative estimate of drug-likeness (QED) is 0.779. The molecule has 0 spiro atoms. The average molecular weight is 224 g/mol. The third kappa shape index (κ3) is 2.83. The van der Waals surface area contributed by atoms with E-state index >= 15 is 0 Å². The van der Waals surface area contributed by atoms with Gasteiger partial charge in [0.1, 0.15) is 11.6 Å². The molecule has 1 atom stereocenters. The van der Waals surface area contributed by atoms with Crippen molar-refractivity contribution in [3.8, 4) is 5.75 Å². The molecule has 0 aromatic heterocycles. The SMILES string of the molecule is C=CCCC(C)(O)c1cc(F)ccc1OC. The second kappa shape index (κ2) is 5.12. The molecule has 0 radical (unpaired) electrons. The molecule has 2 nitrogen and oxygen atoms in total. The van der Waals surface area contributed by atoms with Crippen LogP contribution in [-0.2, 0) is 5.60 Å². The lowest BCUT2D eigenvalue weighted by Gasteiger charge is -2.25. The summed E-state index contributed by atoms with van der Waals surface area (Å²) in [5.74, 6) is 0.116. The highest BCUT2D eigenvalue weighted by molar-refractivity contribution is 5.38. The maximum absolute atomic E-state index is 13.1. The van der Waals surface area contributed by atoms with Crippen LogP contribution < -0.4 is 4.74 Å². The Bertz CT molecular complexity index is 372. The van der Waals surface area contributed by atoms with Crippen LogP contribution in [0.15, 0.2) is 30.9 Å². The second-order valence-electron chi connectivity index (χ2n) is 3.95. The average Bonchev–Trinajstić information content (AvgIpc) is 2.26. The van der Waals surface area contributed by atoms with Gasteiger partial charge in [-0.3, -0.25) is 0 Å². The molecule has 0 aliphatic heterocycles. The van der Waals surface area contributed by atoms with Crippen LogP contribution in [0.5, 0.6) is 5.75 Å². The number of rotatable bonds is 5. The van der Waals surface area contributed by atoms with Crippen molar-refractivity contribution in [2.24, 2.45) is 0 Å². The van der Waals surface area contributed by atoms with Crippen LogP contribution in [0.4, 0.5) is 4.39 Å². The Labute approximate surface area is 95.4 Å². The summed E-state index contributed by atoms with van der Waals surface area (Å²) in [4.78, 5) is 0. The van der Waals surface area contributed by atoms with E-state index in [2.05, 4.69) is 6.58 Å². The predicted molar refractivity (Wildman–Crippen MR) is 62.0 cm³/mol. The van der Waals surface area contributed by atoms with E-state index in [0.717, 1.165) is 0 Å². The van der Waals surface area contributed by atoms with Gasteiger partial charge in [-0.15, -0.1) is 6.58 Å². The van der Waals surface area contributed by atoms with Crippen LogP contribution in [0.2, 0.25) is 0 Å². The summed E-state index contributed by atoms with van der Waals surface area (Å²) >= 11 is 0. The van der Waals surface area contributed by atoms with E-state index in [1.54, 1.807) is 13.0 Å². The second-order valence-corrected chi connectivity index (χ2v) is 3.95. The number of halogens is 1. The van der Waals surface area contributed by atoms with Crippen LogP contribution in [0, 0.1) is 5.82 Å². The Balaban J connectivity index is 3.08. The molecule has 1 aromatic rings. The molecule has 0 saturated carbocycles. The number of hydrogen-bond donors (Lipinski definition) is 1. The fraction of sp³-hybridized carbons (Fsp3) is 0.385. The Kier molecular flexibility index (Phi) is 4.07. The normalized spacial score (nSPS) is 14.2. The van der Waals surface area contributed by atoms with Crippen molar-refractivity contribution in [2.45, 2.75) is 25.4 Å². The first kappa shape index (κ1) is 12.7. The zero-order valence-corrected chi connectivity index (χ0v) is 9.66. The number of benzene rings is 1. The smallest absolute Gasteiger partial charge is 0.125 e. The third-order valence-electron chi connectivity index (χ3n) is 2.58. The zero-order chi connectivity index (χ0) is 12.2. The van der Waals surface area contributed by atoms with Crippen LogP contribution >= 0.6 is 0 Å². The minimum absolute atomic E-state index is 0.380. The largest absolute Gasteiger partial charge is 0.496 e. The number of methoxy groups -OCH3 is 1. The molecular weight excluding hydrogens is 207 g/mol. The van der Waals surface area contributed by atoms with Gasteiger partial charge in [0.15, 0.2) is 0 Å². The number of aliphatic hydroxyl groups is 1. The van der Waals surface area contributed by atoms with Gasteiger partial charge in [-0.05, 0) is 38.0 Å². The first-order valence-electron chi connectivity index (χ1n) is 5.18. The van der Waals surface area contributed by atoms with E-state index in [1.165, 1.54) is 25.3 Å². The summed E-state index contributed by atoms with van der Waals surface area (Å²) in [6, 6.07) is 4.14. The lowest BCUT2D eigenvalue weighted by Crippen LogP contribution is -2.22. The molecule has 1 aromatic carbocycles. The van der Waals surface area contributed by atoms with Crippen molar-refractivity contribution in [1.29, 1.82) is 0 Å². The van der Waals surface area contributed by atoms with E-state index < -0.39 is 5.60 Å². The number of hydrogen-bond acceptors (Lipinski definition) is 2. The van der Waals surface area contributed by atoms with Gasteiger partial charge in [0.2, 0.25) is 0 Å². The molecule has 16 heavy (non-hydrogen) atoms. The molecule has 0 saturated heterocycles. The van der Waals surface area contributed by atoms with E-state index in [0.29, 0.717) is 24.2 Å². The van der Waals surface area contributed by atoms with E-state index in [1.807, 2.05) is 0 Å². The molecule has 1 N–H and O–H groups in total. The topological polar surface area (TPSA) is 29.5 Å². The fourth-order valence-corrected chi connectivity index (χ4v) is 1.62. The summed E-state index contributed by atoms with van der Waals surface area (Å²) in [6.07, 6.45) is 2.86. The highest BCUT2D eigenvalue weighted by Crippen LogP contribution is 2.33. The van der Waals surface area contributed by atoms with Gasteiger partial charge >= 0.3 is 0 Å². The molecule has 0 heterocycles. The van der Waals surface area contributed by atoms with Gasteiger partial charge in [-0.1, -0.05) is 6.08 Å². The molecule has 3 heteroatoms. The molecule has 1 unspecified atom stereocenters. The van der Waals surface area contributed by atoms with Crippen molar-refractivity contribution in [2.75, 3.05) is 7.11 Å². The monoisotopic (exact) mass is 224 g/mol. The molecule has 0 aliphatic carbocycles. The van der Waals surface area contributed by atoms with Crippen LogP contribution in [-0.4, -0.2) is 12.2 Å². The maximum Gasteiger partial charge on any atom is 0.125 e. The van der Waals surface area contributed by atoms with Crippen molar-refractivity contribution < 1.29 is 14.2 Å². The van der Waals surface area contributed by atoms with E-state index in [4.69, 9.17) is 4.74 Å². The Morgan fingerprint density at radius 1 is 1.56 bits per heavy atom. The molecular formula is C13H17FO2. The van der Waals surface area contributed by atoms with Gasteiger partial charge in [0.05, 0.1) is 12.7 Å². The molecule has 0 aliphatic rings. The molecule has 1 rings (SSSR count). The summed E-state index contributed by atoms with van der Waals surface area (Å²) in [7, 11) is 1.50. The van der Waals surface area contributed by atoms with Gasteiger partial charge in [-0.25, -0.2) is 4.39 Å². The zero-order valence-electron chi connectivity index (χ0n) is 9.66. The lowest BCUT2D eigenvalue weighted by molar-refractivity contribution is 0.0459. The van der Waals surface area contributed by atoms with Crippen LogP contribution in [0.3, 0.4) is 0 Å². The molecule has 88 valence electrons. The number of allylic oxidation sites excluding steroid dienone is 1. The highest BCUT2D eigenvalue weighted by Gasteiger charge is 2.26. The van der Waals surface area contributed by atoms with Crippen molar-refractivity contribution in [3.63, 3.8) is 0 Å².